The highest BCUT2D eigenvalue weighted by molar-refractivity contribution is 7.17. The minimum absolute atomic E-state index is 0.291. The number of hydrogen-bond acceptors (Lipinski definition) is 7. The number of aromatic nitrogens is 2. The second-order valence-electron chi connectivity index (χ2n) is 7.97. The Kier molecular flexibility index (Phi) is 6.27. The van der Waals surface area contributed by atoms with Gasteiger partial charge in [0.15, 0.2) is 6.10 Å². The van der Waals surface area contributed by atoms with Crippen LogP contribution in [-0.2, 0) is 27.1 Å². The van der Waals surface area contributed by atoms with Crippen molar-refractivity contribution in [2.75, 3.05) is 12.4 Å². The largest absolute Gasteiger partial charge is 0.465 e. The van der Waals surface area contributed by atoms with Gasteiger partial charge in [-0.05, 0) is 55.4 Å². The lowest BCUT2D eigenvalue weighted by molar-refractivity contribution is -0.124. The van der Waals surface area contributed by atoms with Crippen molar-refractivity contribution in [1.82, 2.24) is 9.97 Å². The number of thiophene rings is 1. The second kappa shape index (κ2) is 9.12. The third kappa shape index (κ3) is 4.25. The van der Waals surface area contributed by atoms with Gasteiger partial charge >= 0.3 is 11.9 Å². The zero-order valence-corrected chi connectivity index (χ0v) is 19.0. The van der Waals surface area contributed by atoms with Crippen LogP contribution in [0.5, 0.6) is 0 Å². The van der Waals surface area contributed by atoms with Crippen molar-refractivity contribution < 1.29 is 23.9 Å². The van der Waals surface area contributed by atoms with E-state index < -0.39 is 23.9 Å². The number of nitrogens with zero attached hydrogens (tertiary/aromatic N) is 1. The Morgan fingerprint density at radius 2 is 2.12 bits per heavy atom. The molecule has 1 aliphatic rings. The summed E-state index contributed by atoms with van der Waals surface area (Å²) in [6, 6.07) is 4.96. The van der Waals surface area contributed by atoms with Crippen molar-refractivity contribution in [1.29, 1.82) is 0 Å². The Balaban J connectivity index is 1.53. The Bertz CT molecular complexity index is 1180. The van der Waals surface area contributed by atoms with E-state index in [1.165, 1.54) is 18.4 Å². The first-order chi connectivity index (χ1) is 15.4. The number of benzene rings is 1. The molecule has 2 atom stereocenters. The summed E-state index contributed by atoms with van der Waals surface area (Å²) >= 11 is 1.40. The molecule has 0 saturated heterocycles. The van der Waals surface area contributed by atoms with Gasteiger partial charge in [-0.15, -0.1) is 11.3 Å². The molecule has 9 heteroatoms. The summed E-state index contributed by atoms with van der Waals surface area (Å²) < 4.78 is 10.5. The number of esters is 2. The van der Waals surface area contributed by atoms with E-state index in [1.54, 1.807) is 31.5 Å². The lowest BCUT2D eigenvalue weighted by atomic mass is 9.88. The first-order valence-electron chi connectivity index (χ1n) is 10.6. The summed E-state index contributed by atoms with van der Waals surface area (Å²) in [7, 11) is 1.33. The predicted molar refractivity (Wildman–Crippen MR) is 121 cm³/mol. The maximum absolute atomic E-state index is 13.0. The number of anilines is 1. The number of hydrogen-bond donors (Lipinski definition) is 2. The highest BCUT2D eigenvalue weighted by Crippen LogP contribution is 2.40. The van der Waals surface area contributed by atoms with E-state index in [0.29, 0.717) is 34.0 Å². The van der Waals surface area contributed by atoms with Crippen LogP contribution in [0.1, 0.15) is 57.8 Å². The predicted octanol–water partition coefficient (Wildman–Crippen LogP) is 4.11. The summed E-state index contributed by atoms with van der Waals surface area (Å²) in [5, 5.41) is 3.27. The van der Waals surface area contributed by atoms with Crippen LogP contribution >= 0.6 is 11.3 Å². The van der Waals surface area contributed by atoms with E-state index in [2.05, 4.69) is 22.2 Å². The summed E-state index contributed by atoms with van der Waals surface area (Å²) in [6.07, 6.45) is 3.46. The van der Waals surface area contributed by atoms with Crippen molar-refractivity contribution >= 4 is 45.2 Å². The summed E-state index contributed by atoms with van der Waals surface area (Å²) in [5.41, 5.74) is 3.13. The van der Waals surface area contributed by atoms with Crippen LogP contribution < -0.4 is 5.32 Å². The lowest BCUT2D eigenvalue weighted by Crippen LogP contribution is -2.32. The third-order valence-electron chi connectivity index (χ3n) is 5.71. The van der Waals surface area contributed by atoms with E-state index in [9.17, 15) is 14.4 Å². The molecule has 0 saturated carbocycles. The monoisotopic (exact) mass is 455 g/mol. The number of nitrogens with one attached hydrogen (secondary N) is 2. The minimum atomic E-state index is -0.997. The molecule has 0 spiro atoms. The number of fused-ring (bicyclic) bond motifs is 2. The molecule has 2 N–H and O–H groups in total. The smallest absolute Gasteiger partial charge is 0.341 e. The molecule has 2 unspecified atom stereocenters. The lowest BCUT2D eigenvalue weighted by Gasteiger charge is -2.18. The SMILES string of the molecule is CCC(OC(=O)c1ccc2nc[nH]c2c1)C(=O)Nc1sc2c(c1C(=O)OC)CCC(C)C2. The van der Waals surface area contributed by atoms with Gasteiger partial charge in [-0.2, -0.15) is 0 Å². The summed E-state index contributed by atoms with van der Waals surface area (Å²) in [6.45, 7) is 3.93. The van der Waals surface area contributed by atoms with Gasteiger partial charge in [0.25, 0.3) is 5.91 Å². The zero-order valence-electron chi connectivity index (χ0n) is 18.2. The van der Waals surface area contributed by atoms with Gasteiger partial charge in [-0.1, -0.05) is 13.8 Å². The number of amides is 1. The third-order valence-corrected chi connectivity index (χ3v) is 6.88. The maximum atomic E-state index is 13.0. The number of H-pyrrole nitrogens is 1. The molecule has 32 heavy (non-hydrogen) atoms. The molecule has 1 aromatic carbocycles. The molecular formula is C23H25N3O5S. The van der Waals surface area contributed by atoms with Crippen molar-refractivity contribution in [2.24, 2.45) is 5.92 Å². The van der Waals surface area contributed by atoms with Crippen molar-refractivity contribution in [2.45, 2.75) is 45.6 Å². The van der Waals surface area contributed by atoms with Crippen LogP contribution in [-0.4, -0.2) is 41.0 Å². The summed E-state index contributed by atoms with van der Waals surface area (Å²) in [5.74, 6) is -1.02. The van der Waals surface area contributed by atoms with Crippen LogP contribution in [0.15, 0.2) is 24.5 Å². The van der Waals surface area contributed by atoms with Gasteiger partial charge in [-0.3, -0.25) is 4.79 Å². The Hall–Kier alpha value is -3.20. The van der Waals surface area contributed by atoms with Gasteiger partial charge in [0.05, 0.1) is 35.6 Å². The van der Waals surface area contributed by atoms with Gasteiger partial charge in [0.1, 0.15) is 5.00 Å². The second-order valence-corrected chi connectivity index (χ2v) is 9.08. The van der Waals surface area contributed by atoms with Crippen LogP contribution in [0, 0.1) is 5.92 Å². The number of methoxy groups -OCH3 is 1. The molecular weight excluding hydrogens is 430 g/mol. The Labute approximate surface area is 189 Å². The van der Waals surface area contributed by atoms with Crippen molar-refractivity contribution in [3.05, 3.63) is 46.1 Å². The fourth-order valence-corrected chi connectivity index (χ4v) is 5.33. The van der Waals surface area contributed by atoms with Crippen LogP contribution in [0.25, 0.3) is 11.0 Å². The highest BCUT2D eigenvalue weighted by Gasteiger charge is 2.31. The molecule has 3 aromatic rings. The van der Waals surface area contributed by atoms with Crippen molar-refractivity contribution in [3.8, 4) is 0 Å². The molecule has 4 rings (SSSR count). The zero-order chi connectivity index (χ0) is 22.8. The molecule has 0 radical (unpaired) electrons. The first kappa shape index (κ1) is 22.0. The molecule has 0 bridgehead atoms. The van der Waals surface area contributed by atoms with E-state index in [0.717, 1.165) is 35.2 Å². The number of rotatable bonds is 6. The van der Waals surface area contributed by atoms with Gasteiger partial charge in [0.2, 0.25) is 0 Å². The molecule has 1 amide bonds. The fourth-order valence-electron chi connectivity index (χ4n) is 3.93. The number of ether oxygens (including phenoxy) is 2. The van der Waals surface area contributed by atoms with E-state index in [1.807, 2.05) is 0 Å². The van der Waals surface area contributed by atoms with E-state index in [-0.39, 0.29) is 0 Å². The van der Waals surface area contributed by atoms with Gasteiger partial charge < -0.3 is 19.8 Å². The summed E-state index contributed by atoms with van der Waals surface area (Å²) in [4.78, 5) is 46.2. The van der Waals surface area contributed by atoms with Crippen LogP contribution in [0.2, 0.25) is 0 Å². The number of carbonyl (C=O) groups is 3. The Morgan fingerprint density at radius 1 is 1.31 bits per heavy atom. The number of imidazole rings is 1. The van der Waals surface area contributed by atoms with Gasteiger partial charge in [0, 0.05) is 4.88 Å². The molecule has 168 valence electrons. The van der Waals surface area contributed by atoms with Crippen molar-refractivity contribution in [3.63, 3.8) is 0 Å². The average Bonchev–Trinajstić information content (AvgIpc) is 3.39. The molecule has 1 aliphatic carbocycles. The molecule has 2 heterocycles. The number of aromatic amines is 1. The van der Waals surface area contributed by atoms with E-state index >= 15 is 0 Å². The van der Waals surface area contributed by atoms with E-state index in [4.69, 9.17) is 9.47 Å². The average molecular weight is 456 g/mol. The first-order valence-corrected chi connectivity index (χ1v) is 11.4. The number of carbonyl (C=O) groups excluding carboxylic acids is 3. The maximum Gasteiger partial charge on any atom is 0.341 e. The minimum Gasteiger partial charge on any atom is -0.465 e. The normalized spacial score (nSPS) is 16.3. The standard InChI is InChI=1S/C23H25N3O5S/c1-4-17(31-22(28)13-6-8-15-16(10-13)25-11-24-15)20(27)26-21-19(23(29)30-3)14-7-5-12(2)9-18(14)32-21/h6,8,10-12,17H,4-5,7,9H2,1-3H3,(H,24,25)(H,26,27). The molecule has 0 fully saturated rings. The molecule has 2 aromatic heterocycles. The van der Waals surface area contributed by atoms with Gasteiger partial charge in [-0.25, -0.2) is 14.6 Å². The van der Waals surface area contributed by atoms with Crippen LogP contribution in [0.3, 0.4) is 0 Å². The fraction of sp³-hybridized carbons (Fsp3) is 0.391. The molecule has 0 aliphatic heterocycles. The molecule has 8 nitrogen and oxygen atoms in total. The highest BCUT2D eigenvalue weighted by atomic mass is 32.1. The quantitative estimate of drug-likeness (QED) is 0.541. The Morgan fingerprint density at radius 3 is 2.88 bits per heavy atom. The topological polar surface area (TPSA) is 110 Å². The van der Waals surface area contributed by atoms with Crippen LogP contribution in [0.4, 0.5) is 5.00 Å².